The van der Waals surface area contributed by atoms with Crippen molar-refractivity contribution < 1.29 is 0 Å². The maximum Gasteiger partial charge on any atom is 0.112 e. The van der Waals surface area contributed by atoms with Crippen molar-refractivity contribution in [2.24, 2.45) is 10.3 Å². The normalized spacial score (nSPS) is 18.9. The van der Waals surface area contributed by atoms with Crippen LogP contribution < -0.4 is 0 Å². The molecule has 4 rings (SSSR count). The number of benzene rings is 3. The van der Waals surface area contributed by atoms with E-state index in [0.29, 0.717) is 5.92 Å². The molecule has 3 aromatic rings. The van der Waals surface area contributed by atoms with Crippen LogP contribution in [0.25, 0.3) is 0 Å². The van der Waals surface area contributed by atoms with Gasteiger partial charge in [0.25, 0.3) is 0 Å². The topological polar surface area (TPSA) is 12.4 Å². The third kappa shape index (κ3) is 3.79. The zero-order chi connectivity index (χ0) is 19.2. The van der Waals surface area contributed by atoms with Crippen LogP contribution in [0.15, 0.2) is 95.4 Å². The van der Waals surface area contributed by atoms with Crippen molar-refractivity contribution in [2.45, 2.75) is 37.4 Å². The molecule has 0 heterocycles. The van der Waals surface area contributed by atoms with E-state index in [4.69, 9.17) is 4.40 Å². The van der Waals surface area contributed by atoms with Crippen LogP contribution in [-0.4, -0.2) is 5.71 Å². The quantitative estimate of drug-likeness (QED) is 0.332. The summed E-state index contributed by atoms with van der Waals surface area (Å²) in [4.78, 5) is 0. The highest BCUT2D eigenvalue weighted by Crippen LogP contribution is 2.49. The minimum Gasteiger partial charge on any atom is -0.224 e. The Labute approximate surface area is 173 Å². The fourth-order valence-electron chi connectivity index (χ4n) is 4.11. The largest absolute Gasteiger partial charge is 0.224 e. The van der Waals surface area contributed by atoms with Crippen LogP contribution in [0.2, 0.25) is 0 Å². The average Bonchev–Trinajstić information content (AvgIpc) is 2.78. The van der Waals surface area contributed by atoms with Gasteiger partial charge in [0.05, 0.1) is 0 Å². The summed E-state index contributed by atoms with van der Waals surface area (Å²) in [6, 6.07) is 32.5. The van der Waals surface area contributed by atoms with Gasteiger partial charge in [-0.1, -0.05) is 104 Å². The highest BCUT2D eigenvalue weighted by Gasteiger charge is 2.38. The molecule has 1 saturated carbocycles. The second-order valence-corrected chi connectivity index (χ2v) is 8.58. The molecule has 0 N–H and O–H groups in total. The second kappa shape index (κ2) is 8.79. The Kier molecular flexibility index (Phi) is 5.97. The van der Waals surface area contributed by atoms with E-state index < -0.39 is 0 Å². The van der Waals surface area contributed by atoms with Gasteiger partial charge in [-0.2, -0.15) is 0 Å². The highest BCUT2D eigenvalue weighted by atomic mass is 32.2. The van der Waals surface area contributed by atoms with Crippen LogP contribution in [0.3, 0.4) is 0 Å². The molecule has 1 aliphatic carbocycles. The van der Waals surface area contributed by atoms with Gasteiger partial charge in [0.2, 0.25) is 0 Å². The van der Waals surface area contributed by atoms with Crippen LogP contribution in [0.5, 0.6) is 0 Å². The van der Waals surface area contributed by atoms with Crippen molar-refractivity contribution in [1.29, 1.82) is 0 Å². The lowest BCUT2D eigenvalue weighted by Gasteiger charge is -2.34. The van der Waals surface area contributed by atoms with Gasteiger partial charge >= 0.3 is 0 Å². The van der Waals surface area contributed by atoms with E-state index in [9.17, 15) is 0 Å². The summed E-state index contributed by atoms with van der Waals surface area (Å²) in [5.74, 6) is 0.585. The molecule has 0 spiro atoms. The maximum atomic E-state index is 5.20. The first-order valence-electron chi connectivity index (χ1n) is 10.2. The monoisotopic (exact) mass is 385 g/mol. The summed E-state index contributed by atoms with van der Waals surface area (Å²) in [5.41, 5.74) is 5.17. The molecular formula is C26H27NS. The molecule has 0 aliphatic heterocycles. The third-order valence-electron chi connectivity index (χ3n) is 5.73. The molecule has 1 atom stereocenters. The molecule has 0 amide bonds. The lowest BCUT2D eigenvalue weighted by molar-refractivity contribution is 0.561. The van der Waals surface area contributed by atoms with Crippen molar-refractivity contribution in [3.63, 3.8) is 0 Å². The molecule has 1 nitrogen and oxygen atoms in total. The Morgan fingerprint density at radius 1 is 0.714 bits per heavy atom. The van der Waals surface area contributed by atoms with Crippen LogP contribution >= 0.6 is 11.9 Å². The van der Waals surface area contributed by atoms with Crippen molar-refractivity contribution in [3.8, 4) is 0 Å². The molecular weight excluding hydrogens is 358 g/mol. The Balaban J connectivity index is 1.89. The van der Waals surface area contributed by atoms with E-state index in [-0.39, 0.29) is 4.75 Å². The SMILES string of the molecule is CC1CCCCC1=NSC(c1ccccc1)(c1ccccc1)c1ccccc1. The standard InChI is InChI=1S/C26H27NS/c1-21-13-11-12-20-25(21)27-28-26(22-14-5-2-6-15-22,23-16-7-3-8-17-23)24-18-9-4-10-19-24/h2-10,14-19,21H,11-13,20H2,1H3. The van der Waals surface area contributed by atoms with Crippen LogP contribution in [0, 0.1) is 5.92 Å². The van der Waals surface area contributed by atoms with Crippen LogP contribution in [0.4, 0.5) is 0 Å². The molecule has 1 fully saturated rings. The number of nitrogens with zero attached hydrogens (tertiary/aromatic N) is 1. The third-order valence-corrected chi connectivity index (χ3v) is 7.04. The van der Waals surface area contributed by atoms with Gasteiger partial charge in [0.15, 0.2) is 0 Å². The molecule has 0 saturated heterocycles. The Hall–Kier alpha value is -2.32. The van der Waals surface area contributed by atoms with Crippen molar-refractivity contribution >= 4 is 17.7 Å². The fourth-order valence-corrected chi connectivity index (χ4v) is 5.36. The zero-order valence-corrected chi connectivity index (χ0v) is 17.2. The Bertz CT molecular complexity index is 806. The summed E-state index contributed by atoms with van der Waals surface area (Å²) in [6.07, 6.45) is 4.97. The smallest absolute Gasteiger partial charge is 0.112 e. The molecule has 0 radical (unpaired) electrons. The second-order valence-electron chi connectivity index (χ2n) is 7.60. The molecule has 142 valence electrons. The van der Waals surface area contributed by atoms with E-state index in [0.717, 1.165) is 6.42 Å². The minimum absolute atomic E-state index is 0.353. The zero-order valence-electron chi connectivity index (χ0n) is 16.4. The summed E-state index contributed by atoms with van der Waals surface area (Å²) >= 11 is 1.73. The number of hydrogen-bond donors (Lipinski definition) is 0. The first-order valence-corrected chi connectivity index (χ1v) is 11.0. The van der Waals surface area contributed by atoms with Gasteiger partial charge < -0.3 is 0 Å². The lowest BCUT2D eigenvalue weighted by atomic mass is 9.84. The highest BCUT2D eigenvalue weighted by molar-refractivity contribution is 7.99. The van der Waals surface area contributed by atoms with E-state index in [1.165, 1.54) is 41.7 Å². The van der Waals surface area contributed by atoms with Gasteiger partial charge in [-0.3, -0.25) is 0 Å². The molecule has 3 aromatic carbocycles. The summed E-state index contributed by atoms with van der Waals surface area (Å²) in [5, 5.41) is 0. The fraction of sp³-hybridized carbons (Fsp3) is 0.269. The Morgan fingerprint density at radius 2 is 1.18 bits per heavy atom. The van der Waals surface area contributed by atoms with E-state index in [1.54, 1.807) is 11.9 Å². The molecule has 0 bridgehead atoms. The van der Waals surface area contributed by atoms with Gasteiger partial charge in [-0.05, 0) is 53.8 Å². The summed E-state index contributed by atoms with van der Waals surface area (Å²) in [7, 11) is 0. The van der Waals surface area contributed by atoms with Crippen LogP contribution in [-0.2, 0) is 4.75 Å². The van der Waals surface area contributed by atoms with Gasteiger partial charge in [0, 0.05) is 5.71 Å². The summed E-state index contributed by atoms with van der Waals surface area (Å²) in [6.45, 7) is 2.33. The van der Waals surface area contributed by atoms with Crippen molar-refractivity contribution in [3.05, 3.63) is 108 Å². The van der Waals surface area contributed by atoms with E-state index in [1.807, 2.05) is 0 Å². The molecule has 1 aliphatic rings. The average molecular weight is 386 g/mol. The predicted octanol–water partition coefficient (Wildman–Crippen LogP) is 7.28. The molecule has 0 aromatic heterocycles. The number of hydrogen-bond acceptors (Lipinski definition) is 2. The number of rotatable bonds is 5. The van der Waals surface area contributed by atoms with E-state index >= 15 is 0 Å². The molecule has 1 unspecified atom stereocenters. The van der Waals surface area contributed by atoms with Crippen molar-refractivity contribution in [2.75, 3.05) is 0 Å². The first kappa shape index (κ1) is 19.0. The summed E-state index contributed by atoms with van der Waals surface area (Å²) < 4.78 is 4.85. The van der Waals surface area contributed by atoms with Gasteiger partial charge in [-0.15, -0.1) is 0 Å². The van der Waals surface area contributed by atoms with Gasteiger partial charge in [0.1, 0.15) is 4.75 Å². The van der Waals surface area contributed by atoms with E-state index in [2.05, 4.69) is 97.9 Å². The Morgan fingerprint density at radius 3 is 1.61 bits per heavy atom. The maximum absolute atomic E-state index is 5.20. The molecule has 2 heteroatoms. The lowest BCUT2D eigenvalue weighted by Crippen LogP contribution is -2.25. The van der Waals surface area contributed by atoms with Crippen LogP contribution in [0.1, 0.15) is 49.3 Å². The predicted molar refractivity (Wildman–Crippen MR) is 122 cm³/mol. The van der Waals surface area contributed by atoms with Crippen molar-refractivity contribution in [1.82, 2.24) is 0 Å². The first-order chi connectivity index (χ1) is 13.8. The minimum atomic E-state index is -0.353. The van der Waals surface area contributed by atoms with Gasteiger partial charge in [-0.25, -0.2) is 4.40 Å². The molecule has 28 heavy (non-hydrogen) atoms.